The zero-order valence-electron chi connectivity index (χ0n) is 9.37. The molecule has 0 aliphatic rings. The second-order valence-electron chi connectivity index (χ2n) is 4.48. The Morgan fingerprint density at radius 2 is 2.13 bits per heavy atom. The number of amides is 1. The molecule has 0 fully saturated rings. The molecular weight excluding hydrogens is 212 g/mol. The highest BCUT2D eigenvalue weighted by atomic mass is 32.1. The molecule has 0 spiro atoms. The van der Waals surface area contributed by atoms with Crippen LogP contribution in [-0.2, 0) is 4.79 Å². The van der Waals surface area contributed by atoms with Crippen LogP contribution in [0.5, 0.6) is 0 Å². The Kier molecular flexibility index (Phi) is 3.41. The van der Waals surface area contributed by atoms with Gasteiger partial charge in [-0.1, -0.05) is 20.8 Å². The van der Waals surface area contributed by atoms with E-state index in [1.165, 1.54) is 0 Å². The molecule has 1 aromatic heterocycles. The fraction of sp³-hybridized carbons (Fsp3) is 0.667. The standard InChI is InChI=1S/C9H16N4OS/c1-5-11-8(15-13-5)12-7(14)6(10)9(2,3)4/h6H,10H2,1-4H3,(H,11,12,13,14). The summed E-state index contributed by atoms with van der Waals surface area (Å²) >= 11 is 1.16. The minimum absolute atomic E-state index is 0.223. The zero-order valence-corrected chi connectivity index (χ0v) is 10.2. The van der Waals surface area contributed by atoms with Crippen molar-refractivity contribution in [1.82, 2.24) is 9.36 Å². The van der Waals surface area contributed by atoms with Gasteiger partial charge in [-0.25, -0.2) is 4.98 Å². The summed E-state index contributed by atoms with van der Waals surface area (Å²) in [6, 6.07) is -0.554. The van der Waals surface area contributed by atoms with Gasteiger partial charge in [0.05, 0.1) is 6.04 Å². The first-order chi connectivity index (χ1) is 6.80. The first-order valence-electron chi connectivity index (χ1n) is 4.67. The van der Waals surface area contributed by atoms with Gasteiger partial charge in [0.25, 0.3) is 0 Å². The Balaban J connectivity index is 2.64. The second-order valence-corrected chi connectivity index (χ2v) is 5.23. The minimum atomic E-state index is -0.554. The molecule has 0 aromatic carbocycles. The van der Waals surface area contributed by atoms with E-state index in [-0.39, 0.29) is 11.3 Å². The third-order valence-corrected chi connectivity index (χ3v) is 2.69. The van der Waals surface area contributed by atoms with E-state index in [0.29, 0.717) is 11.0 Å². The van der Waals surface area contributed by atoms with Gasteiger partial charge >= 0.3 is 0 Å². The molecule has 1 aromatic rings. The van der Waals surface area contributed by atoms with Crippen LogP contribution in [0.15, 0.2) is 0 Å². The first-order valence-corrected chi connectivity index (χ1v) is 5.45. The SMILES string of the molecule is Cc1nsc(NC(=O)C(N)C(C)(C)C)n1. The van der Waals surface area contributed by atoms with Crippen LogP contribution in [0.25, 0.3) is 0 Å². The monoisotopic (exact) mass is 228 g/mol. The Hall–Kier alpha value is -1.01. The molecule has 0 saturated carbocycles. The number of carbonyl (C=O) groups excluding carboxylic acids is 1. The molecule has 1 heterocycles. The number of nitrogens with two attached hydrogens (primary N) is 1. The molecule has 84 valence electrons. The number of anilines is 1. The van der Waals surface area contributed by atoms with Crippen LogP contribution in [0, 0.1) is 12.3 Å². The van der Waals surface area contributed by atoms with Gasteiger partial charge < -0.3 is 5.73 Å². The van der Waals surface area contributed by atoms with Crippen LogP contribution in [0.1, 0.15) is 26.6 Å². The number of hydrogen-bond donors (Lipinski definition) is 2. The number of carbonyl (C=O) groups is 1. The van der Waals surface area contributed by atoms with Gasteiger partial charge in [0, 0.05) is 11.5 Å². The lowest BCUT2D eigenvalue weighted by Gasteiger charge is -2.25. The van der Waals surface area contributed by atoms with Gasteiger partial charge in [0.15, 0.2) is 0 Å². The smallest absolute Gasteiger partial charge is 0.243 e. The Bertz CT molecular complexity index is 355. The third kappa shape index (κ3) is 3.24. The van der Waals surface area contributed by atoms with Crippen molar-refractivity contribution in [3.63, 3.8) is 0 Å². The summed E-state index contributed by atoms with van der Waals surface area (Å²) in [7, 11) is 0. The van der Waals surface area contributed by atoms with Gasteiger partial charge in [-0.2, -0.15) is 4.37 Å². The van der Waals surface area contributed by atoms with Crippen LogP contribution in [0.3, 0.4) is 0 Å². The van der Waals surface area contributed by atoms with E-state index in [4.69, 9.17) is 5.73 Å². The molecule has 0 aliphatic heterocycles. The fourth-order valence-electron chi connectivity index (χ4n) is 0.924. The van der Waals surface area contributed by atoms with Crippen molar-refractivity contribution in [3.05, 3.63) is 5.82 Å². The number of nitrogens with zero attached hydrogens (tertiary/aromatic N) is 2. The summed E-state index contributed by atoms with van der Waals surface area (Å²) in [4.78, 5) is 15.7. The molecular formula is C9H16N4OS. The summed E-state index contributed by atoms with van der Waals surface area (Å²) in [5.74, 6) is 0.429. The maximum Gasteiger partial charge on any atom is 0.243 e. The lowest BCUT2D eigenvalue weighted by molar-refractivity contribution is -0.119. The largest absolute Gasteiger partial charge is 0.319 e. The van der Waals surface area contributed by atoms with Gasteiger partial charge in [-0.3, -0.25) is 10.1 Å². The molecule has 1 amide bonds. The van der Waals surface area contributed by atoms with E-state index in [2.05, 4.69) is 14.7 Å². The van der Waals surface area contributed by atoms with Crippen LogP contribution >= 0.6 is 11.5 Å². The molecule has 0 aliphatic carbocycles. The lowest BCUT2D eigenvalue weighted by Crippen LogP contribution is -2.45. The molecule has 1 rings (SSSR count). The van der Waals surface area contributed by atoms with E-state index in [1.807, 2.05) is 20.8 Å². The number of rotatable bonds is 2. The average molecular weight is 228 g/mol. The van der Waals surface area contributed by atoms with E-state index < -0.39 is 6.04 Å². The van der Waals surface area contributed by atoms with E-state index >= 15 is 0 Å². The van der Waals surface area contributed by atoms with Crippen LogP contribution in [-0.4, -0.2) is 21.3 Å². The number of hydrogen-bond acceptors (Lipinski definition) is 5. The van der Waals surface area contributed by atoms with E-state index in [1.54, 1.807) is 6.92 Å². The van der Waals surface area contributed by atoms with E-state index in [0.717, 1.165) is 11.5 Å². The Labute approximate surface area is 93.3 Å². The van der Waals surface area contributed by atoms with Gasteiger partial charge in [0.1, 0.15) is 5.82 Å². The van der Waals surface area contributed by atoms with Crippen LogP contribution < -0.4 is 11.1 Å². The van der Waals surface area contributed by atoms with Gasteiger partial charge in [-0.15, -0.1) is 0 Å². The van der Waals surface area contributed by atoms with Crippen molar-refractivity contribution in [3.8, 4) is 0 Å². The highest BCUT2D eigenvalue weighted by Crippen LogP contribution is 2.19. The fourth-order valence-corrected chi connectivity index (χ4v) is 1.50. The summed E-state index contributed by atoms with van der Waals surface area (Å²) < 4.78 is 3.97. The molecule has 6 heteroatoms. The van der Waals surface area contributed by atoms with Crippen molar-refractivity contribution < 1.29 is 4.79 Å². The number of aryl methyl sites for hydroxylation is 1. The lowest BCUT2D eigenvalue weighted by atomic mass is 9.87. The molecule has 0 saturated heterocycles. The molecule has 5 nitrogen and oxygen atoms in total. The number of nitrogens with one attached hydrogen (secondary N) is 1. The van der Waals surface area contributed by atoms with Crippen molar-refractivity contribution in [2.24, 2.45) is 11.1 Å². The molecule has 1 unspecified atom stereocenters. The molecule has 15 heavy (non-hydrogen) atoms. The summed E-state index contributed by atoms with van der Waals surface area (Å²) in [5.41, 5.74) is 5.53. The Morgan fingerprint density at radius 3 is 2.53 bits per heavy atom. The predicted octanol–water partition coefficient (Wildman–Crippen LogP) is 1.16. The molecule has 3 N–H and O–H groups in total. The summed E-state index contributed by atoms with van der Waals surface area (Å²) in [6.07, 6.45) is 0. The molecule has 0 radical (unpaired) electrons. The second kappa shape index (κ2) is 4.24. The van der Waals surface area contributed by atoms with Gasteiger partial charge in [0.2, 0.25) is 11.0 Å². The third-order valence-electron chi connectivity index (χ3n) is 1.97. The maximum absolute atomic E-state index is 11.7. The van der Waals surface area contributed by atoms with Crippen molar-refractivity contribution in [2.75, 3.05) is 5.32 Å². The quantitative estimate of drug-likeness (QED) is 0.796. The summed E-state index contributed by atoms with van der Waals surface area (Å²) in [5, 5.41) is 3.15. The molecule has 1 atom stereocenters. The minimum Gasteiger partial charge on any atom is -0.319 e. The van der Waals surface area contributed by atoms with Crippen LogP contribution in [0.4, 0.5) is 5.13 Å². The van der Waals surface area contributed by atoms with Crippen LogP contribution in [0.2, 0.25) is 0 Å². The number of aromatic nitrogens is 2. The highest BCUT2D eigenvalue weighted by molar-refractivity contribution is 7.09. The normalized spacial score (nSPS) is 13.7. The topological polar surface area (TPSA) is 80.9 Å². The maximum atomic E-state index is 11.7. The van der Waals surface area contributed by atoms with Crippen molar-refractivity contribution in [2.45, 2.75) is 33.7 Å². The van der Waals surface area contributed by atoms with Crippen molar-refractivity contribution >= 4 is 22.6 Å². The predicted molar refractivity (Wildman–Crippen MR) is 60.7 cm³/mol. The average Bonchev–Trinajstić information content (AvgIpc) is 2.48. The van der Waals surface area contributed by atoms with E-state index in [9.17, 15) is 4.79 Å². The molecule has 0 bridgehead atoms. The Morgan fingerprint density at radius 1 is 1.53 bits per heavy atom. The van der Waals surface area contributed by atoms with Crippen molar-refractivity contribution in [1.29, 1.82) is 0 Å². The summed E-state index contributed by atoms with van der Waals surface area (Å²) in [6.45, 7) is 7.53. The highest BCUT2D eigenvalue weighted by Gasteiger charge is 2.27. The van der Waals surface area contributed by atoms with Gasteiger partial charge in [-0.05, 0) is 12.3 Å². The first kappa shape index (κ1) is 12.1. The zero-order chi connectivity index (χ0) is 11.6.